The number of nitrogens with zero attached hydrogens (tertiary/aromatic N) is 2. The third-order valence-corrected chi connectivity index (χ3v) is 5.74. The predicted octanol–water partition coefficient (Wildman–Crippen LogP) is 4.80. The lowest BCUT2D eigenvalue weighted by Gasteiger charge is -2.32. The van der Waals surface area contributed by atoms with Crippen LogP contribution in [0.3, 0.4) is 0 Å². The van der Waals surface area contributed by atoms with Gasteiger partial charge in [-0.05, 0) is 42.5 Å². The average Bonchev–Trinajstić information content (AvgIpc) is 2.83. The number of benzene rings is 2. The monoisotopic (exact) mass is 398 g/mol. The van der Waals surface area contributed by atoms with Crippen molar-refractivity contribution in [2.75, 3.05) is 13.1 Å². The highest BCUT2D eigenvalue weighted by Gasteiger charge is 2.28. The van der Waals surface area contributed by atoms with Gasteiger partial charge in [0, 0.05) is 42.9 Å². The fourth-order valence-corrected chi connectivity index (χ4v) is 4.05. The van der Waals surface area contributed by atoms with Gasteiger partial charge in [-0.1, -0.05) is 60.7 Å². The van der Waals surface area contributed by atoms with Crippen molar-refractivity contribution in [1.29, 1.82) is 0 Å². The molecule has 1 aliphatic heterocycles. The van der Waals surface area contributed by atoms with E-state index in [4.69, 9.17) is 0 Å². The van der Waals surface area contributed by atoms with Gasteiger partial charge in [-0.25, -0.2) is 0 Å². The molecule has 0 aliphatic carbocycles. The molecule has 30 heavy (non-hydrogen) atoms. The molecular formula is C26H26N2O2. The third-order valence-electron chi connectivity index (χ3n) is 5.74. The van der Waals surface area contributed by atoms with Gasteiger partial charge >= 0.3 is 0 Å². The molecule has 3 aromatic rings. The van der Waals surface area contributed by atoms with Crippen molar-refractivity contribution in [3.8, 4) is 11.1 Å². The lowest BCUT2D eigenvalue weighted by molar-refractivity contribution is -0.132. The summed E-state index contributed by atoms with van der Waals surface area (Å²) in [6.45, 7) is 1.25. The summed E-state index contributed by atoms with van der Waals surface area (Å²) in [5, 5.41) is 0. The molecule has 0 saturated carbocycles. The second-order valence-corrected chi connectivity index (χ2v) is 7.81. The summed E-state index contributed by atoms with van der Waals surface area (Å²) in [6, 6.07) is 23.7. The summed E-state index contributed by atoms with van der Waals surface area (Å²) in [5.41, 5.74) is 3.89. The molecule has 4 heteroatoms. The summed E-state index contributed by atoms with van der Waals surface area (Å²) < 4.78 is 0. The number of rotatable bonds is 6. The van der Waals surface area contributed by atoms with E-state index in [1.54, 1.807) is 6.20 Å². The van der Waals surface area contributed by atoms with Crippen molar-refractivity contribution in [2.45, 2.75) is 25.7 Å². The van der Waals surface area contributed by atoms with Gasteiger partial charge in [0.15, 0.2) is 5.78 Å². The van der Waals surface area contributed by atoms with Crippen molar-refractivity contribution in [3.63, 3.8) is 0 Å². The number of likely N-dealkylation sites (tertiary alicyclic amines) is 1. The van der Waals surface area contributed by atoms with Crippen LogP contribution in [0, 0.1) is 5.92 Å². The molecule has 4 rings (SSSR count). The molecule has 1 amide bonds. The Kier molecular flexibility index (Phi) is 6.33. The first-order chi connectivity index (χ1) is 14.7. The molecule has 1 saturated heterocycles. The molecule has 0 unspecified atom stereocenters. The summed E-state index contributed by atoms with van der Waals surface area (Å²) in [7, 11) is 0. The van der Waals surface area contributed by atoms with E-state index in [1.165, 1.54) is 0 Å². The maximum Gasteiger partial charge on any atom is 0.222 e. The molecular weight excluding hydrogens is 372 g/mol. The van der Waals surface area contributed by atoms with E-state index in [9.17, 15) is 9.59 Å². The normalized spacial score (nSPS) is 16.3. The van der Waals surface area contributed by atoms with Crippen LogP contribution in [0.25, 0.3) is 11.1 Å². The zero-order valence-corrected chi connectivity index (χ0v) is 17.0. The van der Waals surface area contributed by atoms with Crippen LogP contribution in [-0.2, 0) is 11.2 Å². The van der Waals surface area contributed by atoms with E-state index in [0.29, 0.717) is 19.4 Å². The zero-order chi connectivity index (χ0) is 20.8. The largest absolute Gasteiger partial charge is 0.342 e. The number of hydrogen-bond acceptors (Lipinski definition) is 3. The standard InChI is InChI=1S/C26H26N2O2/c29-25(16-15-24-10-4-5-17-27-24)28-18-6-9-23(19-28)26(30)22-13-11-21(12-14-22)20-7-2-1-3-8-20/h1-5,7-8,10-14,17,23H,6,9,15-16,18-19H2/t23-/m0/s1. The van der Waals surface area contributed by atoms with E-state index >= 15 is 0 Å². The second-order valence-electron chi connectivity index (χ2n) is 7.81. The Morgan fingerprint density at radius 2 is 1.63 bits per heavy atom. The minimum absolute atomic E-state index is 0.109. The summed E-state index contributed by atoms with van der Waals surface area (Å²) in [5.74, 6) is 0.120. The van der Waals surface area contributed by atoms with Crippen LogP contribution in [0.15, 0.2) is 79.0 Å². The van der Waals surface area contributed by atoms with Crippen LogP contribution in [0.2, 0.25) is 0 Å². The number of ketones is 1. The molecule has 0 spiro atoms. The Morgan fingerprint density at radius 1 is 0.900 bits per heavy atom. The maximum atomic E-state index is 13.0. The highest BCUT2D eigenvalue weighted by atomic mass is 16.2. The first kappa shape index (κ1) is 20.0. The van der Waals surface area contributed by atoms with E-state index in [2.05, 4.69) is 17.1 Å². The molecule has 4 nitrogen and oxygen atoms in total. The summed E-state index contributed by atoms with van der Waals surface area (Å²) in [4.78, 5) is 31.8. The number of carbonyl (C=O) groups excluding carboxylic acids is 2. The number of aryl methyl sites for hydroxylation is 1. The molecule has 2 aromatic carbocycles. The smallest absolute Gasteiger partial charge is 0.222 e. The highest BCUT2D eigenvalue weighted by molar-refractivity contribution is 5.98. The minimum Gasteiger partial charge on any atom is -0.342 e. The third kappa shape index (κ3) is 4.82. The summed E-state index contributed by atoms with van der Waals surface area (Å²) in [6.07, 6.45) is 4.52. The van der Waals surface area contributed by atoms with Crippen LogP contribution in [-0.4, -0.2) is 34.7 Å². The molecule has 1 fully saturated rings. The Hall–Kier alpha value is -3.27. The van der Waals surface area contributed by atoms with Crippen molar-refractivity contribution in [1.82, 2.24) is 9.88 Å². The number of pyridine rings is 1. The molecule has 152 valence electrons. The molecule has 1 atom stereocenters. The van der Waals surface area contributed by atoms with E-state index < -0.39 is 0 Å². The fraction of sp³-hybridized carbons (Fsp3) is 0.269. The second kappa shape index (κ2) is 9.49. The predicted molar refractivity (Wildman–Crippen MR) is 118 cm³/mol. The molecule has 2 heterocycles. The molecule has 0 bridgehead atoms. The lowest BCUT2D eigenvalue weighted by Crippen LogP contribution is -2.42. The Morgan fingerprint density at radius 3 is 2.37 bits per heavy atom. The van der Waals surface area contributed by atoms with Crippen molar-refractivity contribution >= 4 is 11.7 Å². The van der Waals surface area contributed by atoms with Crippen LogP contribution >= 0.6 is 0 Å². The fourth-order valence-electron chi connectivity index (χ4n) is 4.05. The zero-order valence-electron chi connectivity index (χ0n) is 17.0. The SMILES string of the molecule is O=C(c1ccc(-c2ccccc2)cc1)[C@H]1CCCN(C(=O)CCc2ccccn2)C1. The quantitative estimate of drug-likeness (QED) is 0.560. The van der Waals surface area contributed by atoms with Gasteiger partial charge in [0.05, 0.1) is 0 Å². The Bertz CT molecular complexity index is 985. The first-order valence-corrected chi connectivity index (χ1v) is 10.6. The maximum absolute atomic E-state index is 13.0. The lowest BCUT2D eigenvalue weighted by atomic mass is 9.89. The van der Waals surface area contributed by atoms with Crippen LogP contribution in [0.5, 0.6) is 0 Å². The Labute approximate surface area is 177 Å². The number of aromatic nitrogens is 1. The first-order valence-electron chi connectivity index (χ1n) is 10.6. The molecule has 0 radical (unpaired) electrons. The van der Waals surface area contributed by atoms with Crippen LogP contribution < -0.4 is 0 Å². The van der Waals surface area contributed by atoms with Gasteiger partial charge in [0.2, 0.25) is 5.91 Å². The van der Waals surface area contributed by atoms with Gasteiger partial charge in [-0.3, -0.25) is 14.6 Å². The number of hydrogen-bond donors (Lipinski definition) is 0. The number of carbonyl (C=O) groups is 2. The topological polar surface area (TPSA) is 50.3 Å². The van der Waals surface area contributed by atoms with E-state index in [-0.39, 0.29) is 17.6 Å². The van der Waals surface area contributed by atoms with E-state index in [1.807, 2.05) is 65.6 Å². The molecule has 1 aliphatic rings. The van der Waals surface area contributed by atoms with Gasteiger partial charge in [0.1, 0.15) is 0 Å². The van der Waals surface area contributed by atoms with Crippen molar-refractivity contribution in [2.24, 2.45) is 5.92 Å². The molecule has 1 aromatic heterocycles. The number of piperidine rings is 1. The van der Waals surface area contributed by atoms with Crippen LogP contribution in [0.4, 0.5) is 0 Å². The average molecular weight is 399 g/mol. The van der Waals surface area contributed by atoms with Gasteiger partial charge in [-0.2, -0.15) is 0 Å². The van der Waals surface area contributed by atoms with Crippen molar-refractivity contribution < 1.29 is 9.59 Å². The number of Topliss-reactive ketones (excluding diaryl/α,β-unsaturated/α-hetero) is 1. The van der Waals surface area contributed by atoms with Gasteiger partial charge in [0.25, 0.3) is 0 Å². The summed E-state index contributed by atoms with van der Waals surface area (Å²) >= 11 is 0. The Balaban J connectivity index is 1.36. The van der Waals surface area contributed by atoms with Gasteiger partial charge < -0.3 is 4.90 Å². The van der Waals surface area contributed by atoms with E-state index in [0.717, 1.165) is 41.8 Å². The molecule has 0 N–H and O–H groups in total. The van der Waals surface area contributed by atoms with Crippen molar-refractivity contribution in [3.05, 3.63) is 90.3 Å². The van der Waals surface area contributed by atoms with Crippen LogP contribution in [0.1, 0.15) is 35.3 Å². The minimum atomic E-state index is -0.125. The number of amides is 1. The highest BCUT2D eigenvalue weighted by Crippen LogP contribution is 2.24. The van der Waals surface area contributed by atoms with Gasteiger partial charge in [-0.15, -0.1) is 0 Å².